The zero-order chi connectivity index (χ0) is 22.2. The van der Waals surface area contributed by atoms with Gasteiger partial charge in [0.15, 0.2) is 18.1 Å². The van der Waals surface area contributed by atoms with Crippen LogP contribution in [0.4, 0.5) is 10.5 Å². The average molecular weight is 485 g/mol. The predicted octanol–water partition coefficient (Wildman–Crippen LogP) is 4.02. The maximum Gasteiger partial charge on any atom is 0.332 e. The molecule has 9 heteroatoms. The molecule has 3 aromatic rings. The van der Waals surface area contributed by atoms with Crippen molar-refractivity contribution in [2.75, 3.05) is 18.5 Å². The molecule has 0 fully saturated rings. The molecule has 0 aliphatic heterocycles. The van der Waals surface area contributed by atoms with Crippen molar-refractivity contribution < 1.29 is 19.1 Å². The number of nitrogens with one attached hydrogen (secondary N) is 2. The monoisotopic (exact) mass is 484 g/mol. The lowest BCUT2D eigenvalue weighted by atomic mass is 10.1. The molecule has 0 aliphatic carbocycles. The van der Waals surface area contributed by atoms with Crippen molar-refractivity contribution in [1.82, 2.24) is 5.43 Å². The van der Waals surface area contributed by atoms with Gasteiger partial charge in [-0.15, -0.1) is 0 Å². The highest BCUT2D eigenvalue weighted by Crippen LogP contribution is 2.36. The van der Waals surface area contributed by atoms with E-state index in [0.717, 1.165) is 10.8 Å². The highest BCUT2D eigenvalue weighted by molar-refractivity contribution is 9.10. The van der Waals surface area contributed by atoms with Gasteiger partial charge < -0.3 is 20.5 Å². The molecular weight excluding hydrogens is 464 g/mol. The van der Waals surface area contributed by atoms with E-state index in [9.17, 15) is 9.59 Å². The summed E-state index contributed by atoms with van der Waals surface area (Å²) in [5, 5.41) is 8.59. The molecule has 3 rings (SSSR count). The third-order valence-electron chi connectivity index (χ3n) is 4.13. The van der Waals surface area contributed by atoms with Crippen molar-refractivity contribution in [1.29, 1.82) is 0 Å². The Morgan fingerprint density at radius 3 is 2.68 bits per heavy atom. The van der Waals surface area contributed by atoms with E-state index in [1.54, 1.807) is 12.1 Å². The number of ether oxygens (including phenoxy) is 2. The fraction of sp³-hybridized carbons (Fsp3) is 0.136. The van der Waals surface area contributed by atoms with Crippen LogP contribution in [0.1, 0.15) is 12.5 Å². The molecular formula is C22H21BrN4O4. The minimum Gasteiger partial charge on any atom is -0.490 e. The quantitative estimate of drug-likeness (QED) is 0.330. The SMILES string of the molecule is CCOc1cc(/C=N/NC(N)=O)cc(Br)c1OCC(=O)Nc1cccc2ccccc12. The van der Waals surface area contributed by atoms with E-state index in [-0.39, 0.29) is 12.5 Å². The first-order chi connectivity index (χ1) is 15.0. The molecule has 0 spiro atoms. The van der Waals surface area contributed by atoms with E-state index in [0.29, 0.717) is 33.8 Å². The number of benzene rings is 3. The number of amides is 3. The average Bonchev–Trinajstić information content (AvgIpc) is 2.73. The standard InChI is InChI=1S/C22H21BrN4O4/c1-2-30-19-11-14(12-25-27-22(24)29)10-17(23)21(19)31-13-20(28)26-18-9-5-7-15-6-3-4-8-16(15)18/h3-12H,2,13H2,1H3,(H,26,28)(H3,24,27,29)/b25-12+. The van der Waals surface area contributed by atoms with Gasteiger partial charge in [-0.3, -0.25) is 4.79 Å². The van der Waals surface area contributed by atoms with Crippen molar-refractivity contribution >= 4 is 50.5 Å². The molecule has 4 N–H and O–H groups in total. The van der Waals surface area contributed by atoms with E-state index in [2.05, 4.69) is 31.8 Å². The smallest absolute Gasteiger partial charge is 0.332 e. The third-order valence-corrected chi connectivity index (χ3v) is 4.72. The number of hydrogen-bond donors (Lipinski definition) is 3. The first kappa shape index (κ1) is 22.1. The number of rotatable bonds is 8. The first-order valence-electron chi connectivity index (χ1n) is 9.43. The number of urea groups is 1. The molecule has 31 heavy (non-hydrogen) atoms. The predicted molar refractivity (Wildman–Crippen MR) is 124 cm³/mol. The minimum atomic E-state index is -0.766. The van der Waals surface area contributed by atoms with Gasteiger partial charge in [-0.25, -0.2) is 10.2 Å². The highest BCUT2D eigenvalue weighted by atomic mass is 79.9. The summed E-state index contributed by atoms with van der Waals surface area (Å²) in [6, 6.07) is 16.1. The lowest BCUT2D eigenvalue weighted by molar-refractivity contribution is -0.118. The Labute approximate surface area is 187 Å². The minimum absolute atomic E-state index is 0.210. The Bertz CT molecular complexity index is 1130. The van der Waals surface area contributed by atoms with Crippen LogP contribution in [-0.2, 0) is 4.79 Å². The summed E-state index contributed by atoms with van der Waals surface area (Å²) in [5.41, 5.74) is 8.46. The molecule has 0 saturated carbocycles. The molecule has 0 aromatic heterocycles. The Hall–Kier alpha value is -3.59. The normalized spacial score (nSPS) is 10.8. The van der Waals surface area contributed by atoms with Crippen LogP contribution in [0.25, 0.3) is 10.8 Å². The number of fused-ring (bicyclic) bond motifs is 1. The lowest BCUT2D eigenvalue weighted by Gasteiger charge is -2.15. The molecule has 3 amide bonds. The van der Waals surface area contributed by atoms with Crippen LogP contribution in [0, 0.1) is 0 Å². The zero-order valence-electron chi connectivity index (χ0n) is 16.7. The van der Waals surface area contributed by atoms with Gasteiger partial charge in [-0.05, 0) is 52.0 Å². The van der Waals surface area contributed by atoms with Gasteiger partial charge in [0.05, 0.1) is 17.3 Å². The summed E-state index contributed by atoms with van der Waals surface area (Å²) in [4.78, 5) is 23.3. The number of hydrogen-bond acceptors (Lipinski definition) is 5. The fourth-order valence-corrected chi connectivity index (χ4v) is 3.47. The van der Waals surface area contributed by atoms with Gasteiger partial charge >= 0.3 is 6.03 Å². The van der Waals surface area contributed by atoms with Crippen LogP contribution < -0.4 is 25.9 Å². The maximum atomic E-state index is 12.5. The number of nitrogens with zero attached hydrogens (tertiary/aromatic N) is 1. The van der Waals surface area contributed by atoms with E-state index in [4.69, 9.17) is 15.2 Å². The number of halogens is 1. The second-order valence-corrected chi connectivity index (χ2v) is 7.22. The Morgan fingerprint density at radius 1 is 1.13 bits per heavy atom. The summed E-state index contributed by atoms with van der Waals surface area (Å²) in [6.45, 7) is 2.02. The second-order valence-electron chi connectivity index (χ2n) is 6.36. The molecule has 0 saturated heterocycles. The van der Waals surface area contributed by atoms with Crippen LogP contribution in [0.5, 0.6) is 11.5 Å². The van der Waals surface area contributed by atoms with Crippen LogP contribution in [-0.4, -0.2) is 31.4 Å². The van der Waals surface area contributed by atoms with Gasteiger partial charge in [0, 0.05) is 11.1 Å². The molecule has 0 radical (unpaired) electrons. The van der Waals surface area contributed by atoms with Crippen molar-refractivity contribution in [3.63, 3.8) is 0 Å². The van der Waals surface area contributed by atoms with E-state index in [1.165, 1.54) is 6.21 Å². The number of primary amides is 1. The van der Waals surface area contributed by atoms with Crippen LogP contribution in [0.2, 0.25) is 0 Å². The van der Waals surface area contributed by atoms with Crippen LogP contribution >= 0.6 is 15.9 Å². The number of nitrogens with two attached hydrogens (primary N) is 1. The largest absolute Gasteiger partial charge is 0.490 e. The van der Waals surface area contributed by atoms with E-state index < -0.39 is 6.03 Å². The van der Waals surface area contributed by atoms with Gasteiger partial charge in [-0.2, -0.15) is 5.10 Å². The molecule has 3 aromatic carbocycles. The van der Waals surface area contributed by atoms with Crippen LogP contribution in [0.15, 0.2) is 64.2 Å². The Balaban J connectivity index is 1.73. The first-order valence-corrected chi connectivity index (χ1v) is 10.2. The molecule has 8 nitrogen and oxygen atoms in total. The Kier molecular flexibility index (Phi) is 7.45. The summed E-state index contributed by atoms with van der Waals surface area (Å²) < 4.78 is 11.9. The topological polar surface area (TPSA) is 115 Å². The summed E-state index contributed by atoms with van der Waals surface area (Å²) >= 11 is 3.43. The summed E-state index contributed by atoms with van der Waals surface area (Å²) in [6.07, 6.45) is 1.41. The number of carbonyl (C=O) groups excluding carboxylic acids is 2. The fourth-order valence-electron chi connectivity index (χ4n) is 2.89. The highest BCUT2D eigenvalue weighted by Gasteiger charge is 2.14. The lowest BCUT2D eigenvalue weighted by Crippen LogP contribution is -2.24. The molecule has 0 heterocycles. The number of carbonyl (C=O) groups is 2. The molecule has 0 bridgehead atoms. The van der Waals surface area contributed by atoms with Crippen LogP contribution in [0.3, 0.4) is 0 Å². The molecule has 160 valence electrons. The summed E-state index contributed by atoms with van der Waals surface area (Å²) in [7, 11) is 0. The third kappa shape index (κ3) is 5.95. The van der Waals surface area contributed by atoms with Crippen molar-refractivity contribution in [3.05, 3.63) is 64.6 Å². The van der Waals surface area contributed by atoms with E-state index in [1.807, 2.05) is 49.4 Å². The second kappa shape index (κ2) is 10.4. The van der Waals surface area contributed by atoms with Crippen molar-refractivity contribution in [2.24, 2.45) is 10.8 Å². The number of hydrazone groups is 1. The van der Waals surface area contributed by atoms with Gasteiger partial charge in [-0.1, -0.05) is 36.4 Å². The van der Waals surface area contributed by atoms with Crippen molar-refractivity contribution in [2.45, 2.75) is 6.92 Å². The Morgan fingerprint density at radius 2 is 1.90 bits per heavy atom. The van der Waals surface area contributed by atoms with Crippen molar-refractivity contribution in [3.8, 4) is 11.5 Å². The van der Waals surface area contributed by atoms with Gasteiger partial charge in [0.1, 0.15) is 0 Å². The molecule has 0 atom stereocenters. The molecule has 0 unspecified atom stereocenters. The summed E-state index contributed by atoms with van der Waals surface area (Å²) in [5.74, 6) is 0.507. The molecule has 0 aliphatic rings. The van der Waals surface area contributed by atoms with Gasteiger partial charge in [0.2, 0.25) is 0 Å². The van der Waals surface area contributed by atoms with E-state index >= 15 is 0 Å². The maximum absolute atomic E-state index is 12.5. The number of anilines is 1. The van der Waals surface area contributed by atoms with Gasteiger partial charge in [0.25, 0.3) is 5.91 Å². The zero-order valence-corrected chi connectivity index (χ0v) is 18.3.